The molecule has 1 unspecified atom stereocenters. The second-order valence-corrected chi connectivity index (χ2v) is 11.7. The Morgan fingerprint density at radius 3 is 2.42 bits per heavy atom. The normalized spacial score (nSPS) is 17.8. The number of alkyl halides is 1. The van der Waals surface area contributed by atoms with Gasteiger partial charge in [0, 0.05) is 49.1 Å². The zero-order valence-electron chi connectivity index (χ0n) is 21.0. The molecule has 38 heavy (non-hydrogen) atoms. The molecule has 9 nitrogen and oxygen atoms in total. The van der Waals surface area contributed by atoms with Gasteiger partial charge in [-0.25, -0.2) is 0 Å². The van der Waals surface area contributed by atoms with E-state index >= 15 is 0 Å². The fraction of sp³-hybridized carbons (Fsp3) is 0.385. The van der Waals surface area contributed by atoms with Crippen LogP contribution in [-0.2, 0) is 21.2 Å². The smallest absolute Gasteiger partial charge is 0.284 e. The molecule has 0 aromatic heterocycles. The van der Waals surface area contributed by atoms with Crippen molar-refractivity contribution in [3.8, 4) is 11.8 Å². The van der Waals surface area contributed by atoms with Crippen LogP contribution in [0.1, 0.15) is 18.9 Å². The predicted molar refractivity (Wildman–Crippen MR) is 152 cm³/mol. The fourth-order valence-electron chi connectivity index (χ4n) is 4.76. The fourth-order valence-corrected chi connectivity index (χ4v) is 5.90. The Labute approximate surface area is 233 Å². The quantitative estimate of drug-likeness (QED) is 0.184. The summed E-state index contributed by atoms with van der Waals surface area (Å²) < 4.78 is 28.5. The highest BCUT2D eigenvalue weighted by Gasteiger charge is 2.31. The number of fused-ring (bicyclic) bond motifs is 1. The van der Waals surface area contributed by atoms with Crippen LogP contribution in [0.5, 0.6) is 0 Å². The lowest BCUT2D eigenvalue weighted by Crippen LogP contribution is -2.55. The maximum atomic E-state index is 13.4. The van der Waals surface area contributed by atoms with E-state index in [0.29, 0.717) is 31.2 Å². The van der Waals surface area contributed by atoms with Crippen LogP contribution in [0.4, 0.5) is 11.4 Å². The van der Waals surface area contributed by atoms with E-state index < -0.39 is 21.4 Å². The third kappa shape index (κ3) is 6.53. The van der Waals surface area contributed by atoms with Crippen LogP contribution in [0.25, 0.3) is 0 Å². The maximum Gasteiger partial charge on any atom is 0.284 e. The largest absolute Gasteiger partial charge is 0.376 e. The van der Waals surface area contributed by atoms with Gasteiger partial charge in [0.1, 0.15) is 11.5 Å². The van der Waals surface area contributed by atoms with Crippen molar-refractivity contribution < 1.29 is 13.2 Å². The minimum absolute atomic E-state index is 0.00749. The molecule has 2 aliphatic heterocycles. The molecule has 4 N–H and O–H groups in total. The number of anilines is 2. The number of amides is 1. The lowest BCUT2D eigenvalue weighted by Gasteiger charge is -2.41. The van der Waals surface area contributed by atoms with E-state index in [1.807, 2.05) is 30.0 Å². The highest BCUT2D eigenvalue weighted by Crippen LogP contribution is 2.31. The first-order valence-electron chi connectivity index (χ1n) is 12.3. The number of sulfonamides is 1. The van der Waals surface area contributed by atoms with Gasteiger partial charge in [0.05, 0.1) is 4.90 Å². The number of hydrogen-bond donors (Lipinski definition) is 2. The molecule has 2 atom stereocenters. The van der Waals surface area contributed by atoms with E-state index in [-0.39, 0.29) is 16.8 Å². The van der Waals surface area contributed by atoms with E-state index in [1.54, 1.807) is 12.1 Å². The molecule has 4 rings (SSSR count). The number of benzene rings is 2. The number of nitrogens with zero attached hydrogens (tertiary/aromatic N) is 4. The average Bonchev–Trinajstić information content (AvgIpc) is 2.90. The van der Waals surface area contributed by atoms with Crippen LogP contribution >= 0.6 is 23.2 Å². The second kappa shape index (κ2) is 11.8. The molecule has 0 saturated carbocycles. The summed E-state index contributed by atoms with van der Waals surface area (Å²) in [5.41, 5.74) is 13.0. The van der Waals surface area contributed by atoms with Gasteiger partial charge in [-0.05, 0) is 73.7 Å². The molecule has 1 amide bonds. The Morgan fingerprint density at radius 1 is 1.08 bits per heavy atom. The first-order valence-corrected chi connectivity index (χ1v) is 14.5. The van der Waals surface area contributed by atoms with Gasteiger partial charge in [0.2, 0.25) is 5.91 Å². The molecule has 0 radical (unpaired) electrons. The third-order valence-corrected chi connectivity index (χ3v) is 8.32. The van der Waals surface area contributed by atoms with Crippen molar-refractivity contribution >= 4 is 56.3 Å². The molecule has 2 heterocycles. The van der Waals surface area contributed by atoms with Crippen molar-refractivity contribution in [1.29, 1.82) is 0 Å². The highest BCUT2D eigenvalue weighted by molar-refractivity contribution is 7.90. The molecule has 202 valence electrons. The number of piperazine rings is 1. The summed E-state index contributed by atoms with van der Waals surface area (Å²) in [6.07, 6.45) is 1.94. The van der Waals surface area contributed by atoms with E-state index in [2.05, 4.69) is 26.0 Å². The Morgan fingerprint density at radius 2 is 1.76 bits per heavy atom. The van der Waals surface area contributed by atoms with Crippen LogP contribution in [0.15, 0.2) is 51.8 Å². The molecule has 0 aliphatic carbocycles. The lowest BCUT2D eigenvalue weighted by atomic mass is 10.00. The van der Waals surface area contributed by atoms with E-state index in [4.69, 9.17) is 34.7 Å². The van der Waals surface area contributed by atoms with E-state index in [0.717, 1.165) is 30.8 Å². The number of hydrogen-bond acceptors (Lipinski definition) is 6. The molecular weight excluding hydrogens is 547 g/mol. The van der Waals surface area contributed by atoms with Crippen molar-refractivity contribution in [1.82, 2.24) is 4.90 Å². The Hall–Kier alpha value is -2.97. The van der Waals surface area contributed by atoms with Crippen molar-refractivity contribution in [3.05, 3.63) is 53.1 Å². The minimum Gasteiger partial charge on any atom is -0.376 e. The van der Waals surface area contributed by atoms with Crippen molar-refractivity contribution in [2.45, 2.75) is 36.2 Å². The van der Waals surface area contributed by atoms with Gasteiger partial charge in [0.25, 0.3) is 10.0 Å². The molecular formula is C26H30Cl2N6O3S. The Balaban J connectivity index is 1.37. The van der Waals surface area contributed by atoms with Crippen LogP contribution in [-0.4, -0.2) is 69.3 Å². The summed E-state index contributed by atoms with van der Waals surface area (Å²) in [6.45, 7) is 5.22. The Bertz CT molecular complexity index is 1380. The van der Waals surface area contributed by atoms with Crippen LogP contribution < -0.4 is 21.3 Å². The highest BCUT2D eigenvalue weighted by atomic mass is 35.5. The SMILES string of the molecule is C[C@@H](C(=O)N1CCN(c2ccc(S(=O)(=O)N=C(N)C#CC(N)Cl)cc2)CC1)N1CCCc2cc(Cl)ccc21. The first-order chi connectivity index (χ1) is 18.0. The number of carbonyl (C=O) groups excluding carboxylic acids is 1. The van der Waals surface area contributed by atoms with Crippen LogP contribution in [0.2, 0.25) is 5.02 Å². The van der Waals surface area contributed by atoms with Crippen molar-refractivity contribution in [3.63, 3.8) is 0 Å². The summed E-state index contributed by atoms with van der Waals surface area (Å²) in [4.78, 5) is 19.6. The summed E-state index contributed by atoms with van der Waals surface area (Å²) >= 11 is 11.7. The first kappa shape index (κ1) is 28.0. The van der Waals surface area contributed by atoms with E-state index in [1.165, 1.54) is 17.7 Å². The zero-order valence-corrected chi connectivity index (χ0v) is 23.3. The number of carbonyl (C=O) groups is 1. The average molecular weight is 578 g/mol. The molecule has 1 saturated heterocycles. The number of rotatable bonds is 5. The van der Waals surface area contributed by atoms with Gasteiger partial charge >= 0.3 is 0 Å². The maximum absolute atomic E-state index is 13.4. The van der Waals surface area contributed by atoms with Gasteiger partial charge in [-0.3, -0.25) is 4.79 Å². The van der Waals surface area contributed by atoms with Crippen LogP contribution in [0, 0.1) is 11.8 Å². The van der Waals surface area contributed by atoms with Gasteiger partial charge in [0.15, 0.2) is 5.84 Å². The van der Waals surface area contributed by atoms with Gasteiger partial charge in [-0.1, -0.05) is 29.1 Å². The van der Waals surface area contributed by atoms with Crippen LogP contribution in [0.3, 0.4) is 0 Å². The van der Waals surface area contributed by atoms with Gasteiger partial charge in [-0.2, -0.15) is 8.42 Å². The number of amidine groups is 1. The predicted octanol–water partition coefficient (Wildman–Crippen LogP) is 2.40. The molecule has 0 spiro atoms. The molecule has 1 fully saturated rings. The molecule has 0 bridgehead atoms. The zero-order chi connectivity index (χ0) is 27.4. The van der Waals surface area contributed by atoms with Gasteiger partial charge < -0.3 is 26.2 Å². The summed E-state index contributed by atoms with van der Waals surface area (Å²) in [7, 11) is -4.03. The van der Waals surface area contributed by atoms with Crippen molar-refractivity contribution in [2.75, 3.05) is 42.5 Å². The number of nitrogens with two attached hydrogens (primary N) is 2. The standard InChI is InChI=1S/C26H30Cl2N6O3S/c1-18(34-12-2-3-19-17-20(27)4-9-23(19)34)26(35)33-15-13-32(14-16-33)21-5-7-22(8-6-21)38(36,37)31-25(30)11-10-24(28)29/h4-9,17-18,24H,2-3,12-16,29H2,1H3,(H2,30,31)/t18-,24?/m0/s1. The Kier molecular flexibility index (Phi) is 8.73. The third-order valence-electron chi connectivity index (χ3n) is 6.67. The molecule has 12 heteroatoms. The number of aryl methyl sites for hydroxylation is 1. The summed E-state index contributed by atoms with van der Waals surface area (Å²) in [6, 6.07) is 12.0. The summed E-state index contributed by atoms with van der Waals surface area (Å²) in [5, 5.41) is 0.713. The molecule has 2 aromatic rings. The minimum atomic E-state index is -4.03. The second-order valence-electron chi connectivity index (χ2n) is 9.17. The lowest BCUT2D eigenvalue weighted by molar-refractivity contribution is -0.132. The monoisotopic (exact) mass is 576 g/mol. The number of halogens is 2. The summed E-state index contributed by atoms with van der Waals surface area (Å²) in [5.74, 6) is 4.37. The molecule has 2 aliphatic rings. The van der Waals surface area contributed by atoms with Gasteiger partial charge in [-0.15, -0.1) is 4.40 Å². The van der Waals surface area contributed by atoms with Crippen molar-refractivity contribution in [2.24, 2.45) is 15.9 Å². The van der Waals surface area contributed by atoms with E-state index in [9.17, 15) is 13.2 Å². The molecule has 2 aromatic carbocycles. The topological polar surface area (TPSA) is 125 Å².